The van der Waals surface area contributed by atoms with Crippen molar-refractivity contribution in [3.8, 4) is 0 Å². The van der Waals surface area contributed by atoms with E-state index < -0.39 is 42.5 Å². The Balaban J connectivity index is 1.87. The van der Waals surface area contributed by atoms with Crippen molar-refractivity contribution < 1.29 is 43.5 Å². The molecule has 0 unspecified atom stereocenters. The summed E-state index contributed by atoms with van der Waals surface area (Å²) in [7, 11) is 1.30. The first-order valence-electron chi connectivity index (χ1n) is 13.1. The molecule has 10 heteroatoms. The number of hydrogen-bond acceptors (Lipinski definition) is 9. The summed E-state index contributed by atoms with van der Waals surface area (Å²) in [5, 5.41) is 23.4. The molecule has 2 fully saturated rings. The van der Waals surface area contributed by atoms with Crippen LogP contribution in [0, 0.1) is 5.92 Å². The minimum absolute atomic E-state index is 0.0136. The Labute approximate surface area is 225 Å². The number of carbonyl (C=O) groups excluding carboxylic acids is 3. The highest BCUT2D eigenvalue weighted by Gasteiger charge is 2.36. The number of rotatable bonds is 10. The number of carbonyl (C=O) groups is 3. The lowest BCUT2D eigenvalue weighted by Gasteiger charge is -2.39. The number of ether oxygens (including phenoxy) is 4. The fourth-order valence-corrected chi connectivity index (χ4v) is 4.63. The second kappa shape index (κ2) is 15.2. The molecular formula is C28H43NO9. The lowest BCUT2D eigenvalue weighted by molar-refractivity contribution is -0.165. The van der Waals surface area contributed by atoms with E-state index in [2.05, 4.69) is 17.0 Å². The van der Waals surface area contributed by atoms with Crippen LogP contribution in [0.4, 0.5) is 0 Å². The summed E-state index contributed by atoms with van der Waals surface area (Å²) in [6.45, 7) is 8.95. The summed E-state index contributed by atoms with van der Waals surface area (Å²) in [5.74, 6) is -0.895. The van der Waals surface area contributed by atoms with Crippen LogP contribution in [0.15, 0.2) is 36.0 Å². The van der Waals surface area contributed by atoms with Gasteiger partial charge in [-0.1, -0.05) is 30.7 Å². The highest BCUT2D eigenvalue weighted by molar-refractivity contribution is 5.87. The predicted molar refractivity (Wildman–Crippen MR) is 140 cm³/mol. The maximum absolute atomic E-state index is 12.3. The first-order chi connectivity index (χ1) is 17.9. The number of esters is 2. The molecule has 2 aliphatic rings. The normalized spacial score (nSPS) is 33.2. The molecule has 0 aliphatic carbocycles. The van der Waals surface area contributed by atoms with Crippen LogP contribution in [0.3, 0.4) is 0 Å². The number of hydrogen-bond donors (Lipinski definition) is 3. The van der Waals surface area contributed by atoms with Crippen molar-refractivity contribution in [2.75, 3.05) is 7.11 Å². The summed E-state index contributed by atoms with van der Waals surface area (Å²) in [6.07, 6.45) is 6.05. The standard InChI is InChI=1S/C28H43NO9/c1-16(8-11-25-28(34)23(31)14-21(38-25)15-27(33)35-6)7-10-24-17(2)13-22(19(4)37-24)29-26(32)12-9-18(3)36-20(5)30/h7-9,11-12,17-19,21-25,28,31,34H,10,13-15H2,1-6H3,(H,29,32)/b11-8+,12-9-,16-7+/t17-,18-,19+,21-,22+,23-,24-,25+,28-/m0/s1. The van der Waals surface area contributed by atoms with E-state index in [1.54, 1.807) is 13.0 Å². The van der Waals surface area contributed by atoms with Gasteiger partial charge in [-0.15, -0.1) is 0 Å². The Hall–Kier alpha value is -2.53. The Morgan fingerprint density at radius 1 is 1.11 bits per heavy atom. The minimum Gasteiger partial charge on any atom is -0.469 e. The topological polar surface area (TPSA) is 141 Å². The van der Waals surface area contributed by atoms with E-state index in [-0.39, 0.29) is 42.9 Å². The molecule has 0 saturated carbocycles. The molecule has 38 heavy (non-hydrogen) atoms. The number of aliphatic hydroxyl groups excluding tert-OH is 2. The lowest BCUT2D eigenvalue weighted by atomic mass is 9.88. The van der Waals surface area contributed by atoms with Gasteiger partial charge in [0.05, 0.1) is 44.0 Å². The molecule has 214 valence electrons. The maximum atomic E-state index is 12.3. The first kappa shape index (κ1) is 31.7. The van der Waals surface area contributed by atoms with Crippen LogP contribution >= 0.6 is 0 Å². The van der Waals surface area contributed by atoms with Gasteiger partial charge >= 0.3 is 11.9 Å². The zero-order chi connectivity index (χ0) is 28.4. The van der Waals surface area contributed by atoms with Crippen LogP contribution in [-0.4, -0.2) is 83.9 Å². The molecule has 1 amide bonds. The second-order valence-corrected chi connectivity index (χ2v) is 10.2. The van der Waals surface area contributed by atoms with Crippen molar-refractivity contribution in [3.05, 3.63) is 36.0 Å². The summed E-state index contributed by atoms with van der Waals surface area (Å²) in [5.41, 5.74) is 0.941. The molecule has 2 rings (SSSR count). The molecule has 0 bridgehead atoms. The van der Waals surface area contributed by atoms with Crippen LogP contribution in [0.5, 0.6) is 0 Å². The molecule has 9 atom stereocenters. The number of methoxy groups -OCH3 is 1. The Morgan fingerprint density at radius 3 is 2.47 bits per heavy atom. The predicted octanol–water partition coefficient (Wildman–Crippen LogP) is 2.13. The number of aliphatic hydroxyl groups is 2. The number of allylic oxidation sites excluding steroid dienone is 2. The molecule has 0 radical (unpaired) electrons. The van der Waals surface area contributed by atoms with Crippen molar-refractivity contribution in [2.24, 2.45) is 5.92 Å². The van der Waals surface area contributed by atoms with Gasteiger partial charge in [0.1, 0.15) is 18.3 Å². The van der Waals surface area contributed by atoms with Gasteiger partial charge in [-0.3, -0.25) is 14.4 Å². The lowest BCUT2D eigenvalue weighted by Crippen LogP contribution is -2.50. The highest BCUT2D eigenvalue weighted by Crippen LogP contribution is 2.28. The Kier molecular flexibility index (Phi) is 12.6. The molecule has 0 aromatic carbocycles. The van der Waals surface area contributed by atoms with Gasteiger partial charge in [0.25, 0.3) is 0 Å². The van der Waals surface area contributed by atoms with Gasteiger partial charge in [0, 0.05) is 19.4 Å². The summed E-state index contributed by atoms with van der Waals surface area (Å²) in [6, 6.07) is -0.137. The van der Waals surface area contributed by atoms with Gasteiger partial charge in [0.15, 0.2) is 0 Å². The van der Waals surface area contributed by atoms with Crippen LogP contribution in [0.1, 0.15) is 60.3 Å². The fourth-order valence-electron chi connectivity index (χ4n) is 4.63. The third kappa shape index (κ3) is 10.3. The molecule has 3 N–H and O–H groups in total. The van der Waals surface area contributed by atoms with E-state index in [1.807, 2.05) is 26.0 Å². The van der Waals surface area contributed by atoms with Crippen molar-refractivity contribution in [3.63, 3.8) is 0 Å². The van der Waals surface area contributed by atoms with Gasteiger partial charge in [-0.05, 0) is 45.6 Å². The van der Waals surface area contributed by atoms with Gasteiger partial charge in [0.2, 0.25) is 5.91 Å². The molecule has 2 saturated heterocycles. The van der Waals surface area contributed by atoms with E-state index in [1.165, 1.54) is 26.2 Å². The maximum Gasteiger partial charge on any atom is 0.308 e. The van der Waals surface area contributed by atoms with E-state index >= 15 is 0 Å². The van der Waals surface area contributed by atoms with Crippen molar-refractivity contribution in [1.29, 1.82) is 0 Å². The van der Waals surface area contributed by atoms with Crippen LogP contribution in [0.25, 0.3) is 0 Å². The Bertz CT molecular complexity index is 899. The smallest absolute Gasteiger partial charge is 0.308 e. The van der Waals surface area contributed by atoms with Crippen LogP contribution in [-0.2, 0) is 33.3 Å². The zero-order valence-electron chi connectivity index (χ0n) is 23.2. The van der Waals surface area contributed by atoms with E-state index in [0.29, 0.717) is 6.42 Å². The SMILES string of the molecule is COC(=O)C[C@@H]1C[C@H](O)[C@H](O)[C@@H](/C=C/C(C)=C/C[C@@H]2O[C@H](C)[C@H](NC(=O)/C=C\[C@H](C)OC(C)=O)C[C@@H]2C)O1. The molecule has 10 nitrogen and oxygen atoms in total. The van der Waals surface area contributed by atoms with Crippen LogP contribution < -0.4 is 5.32 Å². The van der Waals surface area contributed by atoms with E-state index in [0.717, 1.165) is 12.0 Å². The summed E-state index contributed by atoms with van der Waals surface area (Å²) in [4.78, 5) is 34.9. The molecule has 2 aliphatic heterocycles. The van der Waals surface area contributed by atoms with E-state index in [9.17, 15) is 24.6 Å². The molecule has 2 heterocycles. The third-order valence-electron chi connectivity index (χ3n) is 6.84. The second-order valence-electron chi connectivity index (χ2n) is 10.2. The average molecular weight is 538 g/mol. The number of nitrogens with one attached hydrogen (secondary N) is 1. The minimum atomic E-state index is -1.08. The van der Waals surface area contributed by atoms with E-state index in [4.69, 9.17) is 14.2 Å². The van der Waals surface area contributed by atoms with Crippen molar-refractivity contribution >= 4 is 17.8 Å². The molecule has 0 spiro atoms. The molecular weight excluding hydrogens is 494 g/mol. The monoisotopic (exact) mass is 537 g/mol. The number of amides is 1. The average Bonchev–Trinajstić information content (AvgIpc) is 2.84. The van der Waals surface area contributed by atoms with Crippen LogP contribution in [0.2, 0.25) is 0 Å². The Morgan fingerprint density at radius 2 is 1.82 bits per heavy atom. The van der Waals surface area contributed by atoms with Gasteiger partial charge in [-0.2, -0.15) is 0 Å². The van der Waals surface area contributed by atoms with Gasteiger partial charge in [-0.25, -0.2) is 0 Å². The summed E-state index contributed by atoms with van der Waals surface area (Å²) < 4.78 is 21.7. The first-order valence-corrected chi connectivity index (χ1v) is 13.1. The zero-order valence-corrected chi connectivity index (χ0v) is 23.2. The van der Waals surface area contributed by atoms with Gasteiger partial charge < -0.3 is 34.5 Å². The molecule has 0 aromatic heterocycles. The third-order valence-corrected chi connectivity index (χ3v) is 6.84. The highest BCUT2D eigenvalue weighted by atomic mass is 16.5. The fraction of sp³-hybridized carbons (Fsp3) is 0.679. The van der Waals surface area contributed by atoms with Crippen molar-refractivity contribution in [1.82, 2.24) is 5.32 Å². The largest absolute Gasteiger partial charge is 0.469 e. The molecule has 0 aromatic rings. The van der Waals surface area contributed by atoms with Crippen molar-refractivity contribution in [2.45, 2.75) is 109 Å². The quantitative estimate of drug-likeness (QED) is 0.217. The summed E-state index contributed by atoms with van der Waals surface area (Å²) >= 11 is 0.